The number of rotatable bonds is 8. The fourth-order valence-electron chi connectivity index (χ4n) is 5.65. The zero-order valence-corrected chi connectivity index (χ0v) is 20.5. The SMILES string of the molecule is CCCCC1CCC(C(=O)Oc2ccc(-c3ncc([C@H]4CC[C@H](CC)CC4)cn3)cc2)CC1. The fraction of sp³-hybridized carbons (Fsp3) is 0.621. The third-order valence-electron chi connectivity index (χ3n) is 8.04. The van der Waals surface area contributed by atoms with E-state index in [0.29, 0.717) is 11.7 Å². The van der Waals surface area contributed by atoms with Crippen molar-refractivity contribution in [1.29, 1.82) is 0 Å². The number of unbranched alkanes of at least 4 members (excludes halogenated alkanes) is 1. The number of nitrogens with zero attached hydrogens (tertiary/aromatic N) is 2. The van der Waals surface area contributed by atoms with Gasteiger partial charge >= 0.3 is 5.97 Å². The molecule has 0 spiro atoms. The van der Waals surface area contributed by atoms with Gasteiger partial charge in [0.1, 0.15) is 5.75 Å². The smallest absolute Gasteiger partial charge is 0.314 e. The number of carbonyl (C=O) groups excluding carboxylic acids is 1. The van der Waals surface area contributed by atoms with E-state index in [9.17, 15) is 4.79 Å². The number of hydrogen-bond acceptors (Lipinski definition) is 4. The van der Waals surface area contributed by atoms with Gasteiger partial charge in [-0.15, -0.1) is 0 Å². The molecule has 2 fully saturated rings. The third kappa shape index (κ3) is 6.43. The maximum atomic E-state index is 12.6. The minimum Gasteiger partial charge on any atom is -0.426 e. The molecule has 4 rings (SSSR count). The van der Waals surface area contributed by atoms with Gasteiger partial charge < -0.3 is 4.74 Å². The van der Waals surface area contributed by atoms with Crippen LogP contribution in [0.3, 0.4) is 0 Å². The van der Waals surface area contributed by atoms with Crippen molar-refractivity contribution in [2.45, 2.75) is 96.8 Å². The van der Waals surface area contributed by atoms with E-state index in [-0.39, 0.29) is 11.9 Å². The summed E-state index contributed by atoms with van der Waals surface area (Å²) in [6.07, 6.45) is 18.6. The zero-order valence-electron chi connectivity index (χ0n) is 20.5. The topological polar surface area (TPSA) is 52.1 Å². The van der Waals surface area contributed by atoms with Crippen LogP contribution in [0, 0.1) is 17.8 Å². The van der Waals surface area contributed by atoms with Crippen LogP contribution >= 0.6 is 0 Å². The average Bonchev–Trinajstić information content (AvgIpc) is 2.88. The Bertz CT molecular complexity index is 861. The van der Waals surface area contributed by atoms with Crippen molar-refractivity contribution in [2.24, 2.45) is 17.8 Å². The maximum absolute atomic E-state index is 12.6. The van der Waals surface area contributed by atoms with E-state index in [1.165, 1.54) is 56.9 Å². The van der Waals surface area contributed by atoms with E-state index in [0.717, 1.165) is 48.9 Å². The van der Waals surface area contributed by atoms with Crippen LogP contribution in [0.2, 0.25) is 0 Å². The van der Waals surface area contributed by atoms with Crippen molar-refractivity contribution in [2.75, 3.05) is 0 Å². The highest BCUT2D eigenvalue weighted by Gasteiger charge is 2.27. The Morgan fingerprint density at radius 1 is 0.879 bits per heavy atom. The van der Waals surface area contributed by atoms with E-state index in [4.69, 9.17) is 4.74 Å². The Hall–Kier alpha value is -2.23. The van der Waals surface area contributed by atoms with E-state index in [1.807, 2.05) is 36.7 Å². The number of carbonyl (C=O) groups is 1. The number of esters is 1. The number of hydrogen-bond donors (Lipinski definition) is 0. The Kier molecular flexibility index (Phi) is 8.52. The molecule has 0 radical (unpaired) electrons. The molecule has 2 aliphatic rings. The first-order valence-corrected chi connectivity index (χ1v) is 13.3. The van der Waals surface area contributed by atoms with Crippen molar-refractivity contribution in [3.05, 3.63) is 42.2 Å². The Morgan fingerprint density at radius 2 is 1.52 bits per heavy atom. The molecule has 2 aromatic rings. The van der Waals surface area contributed by atoms with Crippen LogP contribution in [-0.2, 0) is 4.79 Å². The molecule has 4 heteroatoms. The molecule has 33 heavy (non-hydrogen) atoms. The van der Waals surface area contributed by atoms with Gasteiger partial charge in [-0.1, -0.05) is 39.5 Å². The summed E-state index contributed by atoms with van der Waals surface area (Å²) in [6, 6.07) is 7.63. The summed E-state index contributed by atoms with van der Waals surface area (Å²) < 4.78 is 5.70. The molecule has 0 saturated heterocycles. The second kappa shape index (κ2) is 11.8. The van der Waals surface area contributed by atoms with Gasteiger partial charge in [-0.25, -0.2) is 9.97 Å². The molecular formula is C29H40N2O2. The molecule has 2 saturated carbocycles. The Labute approximate surface area is 199 Å². The summed E-state index contributed by atoms with van der Waals surface area (Å²) in [5, 5.41) is 0. The van der Waals surface area contributed by atoms with Crippen LogP contribution < -0.4 is 4.74 Å². The van der Waals surface area contributed by atoms with Crippen LogP contribution in [0.1, 0.15) is 102 Å². The molecule has 0 aliphatic heterocycles. The summed E-state index contributed by atoms with van der Waals surface area (Å²) in [5.74, 6) is 3.61. The van der Waals surface area contributed by atoms with E-state index < -0.39 is 0 Å². The minimum absolute atomic E-state index is 0.0471. The monoisotopic (exact) mass is 448 g/mol. The first-order chi connectivity index (χ1) is 16.2. The summed E-state index contributed by atoms with van der Waals surface area (Å²) in [6.45, 7) is 4.54. The summed E-state index contributed by atoms with van der Waals surface area (Å²) in [7, 11) is 0. The van der Waals surface area contributed by atoms with E-state index in [2.05, 4.69) is 23.8 Å². The van der Waals surface area contributed by atoms with Gasteiger partial charge in [0.2, 0.25) is 0 Å². The molecule has 0 atom stereocenters. The van der Waals surface area contributed by atoms with Crippen molar-refractivity contribution in [3.63, 3.8) is 0 Å². The molecule has 1 aromatic carbocycles. The predicted octanol–water partition coefficient (Wildman–Crippen LogP) is 7.73. The lowest BCUT2D eigenvalue weighted by molar-refractivity contribution is -0.140. The quantitative estimate of drug-likeness (QED) is 0.306. The number of aromatic nitrogens is 2. The Balaban J connectivity index is 1.28. The molecule has 178 valence electrons. The van der Waals surface area contributed by atoms with Gasteiger partial charge in [-0.05, 0) is 98.9 Å². The van der Waals surface area contributed by atoms with Crippen molar-refractivity contribution >= 4 is 5.97 Å². The van der Waals surface area contributed by atoms with Gasteiger partial charge in [0, 0.05) is 18.0 Å². The highest BCUT2D eigenvalue weighted by molar-refractivity contribution is 5.75. The third-order valence-corrected chi connectivity index (χ3v) is 8.04. The van der Waals surface area contributed by atoms with Crippen LogP contribution in [0.25, 0.3) is 11.4 Å². The summed E-state index contributed by atoms with van der Waals surface area (Å²) in [4.78, 5) is 21.9. The van der Waals surface area contributed by atoms with Crippen LogP contribution in [0.4, 0.5) is 0 Å². The van der Waals surface area contributed by atoms with Crippen LogP contribution in [-0.4, -0.2) is 15.9 Å². The van der Waals surface area contributed by atoms with Gasteiger partial charge in [-0.3, -0.25) is 4.79 Å². The average molecular weight is 449 g/mol. The first kappa shape index (κ1) is 23.9. The number of ether oxygens (including phenoxy) is 1. The Morgan fingerprint density at radius 3 is 2.12 bits per heavy atom. The molecule has 0 unspecified atom stereocenters. The molecule has 2 aliphatic carbocycles. The zero-order chi connectivity index (χ0) is 23.0. The predicted molar refractivity (Wildman–Crippen MR) is 133 cm³/mol. The highest BCUT2D eigenvalue weighted by Crippen LogP contribution is 2.37. The van der Waals surface area contributed by atoms with Crippen molar-refractivity contribution in [1.82, 2.24) is 9.97 Å². The summed E-state index contributed by atoms with van der Waals surface area (Å²) in [5.41, 5.74) is 2.22. The molecule has 1 aromatic heterocycles. The van der Waals surface area contributed by atoms with E-state index >= 15 is 0 Å². The van der Waals surface area contributed by atoms with Crippen molar-refractivity contribution in [3.8, 4) is 17.1 Å². The molecule has 1 heterocycles. The van der Waals surface area contributed by atoms with Gasteiger partial charge in [0.15, 0.2) is 5.82 Å². The lowest BCUT2D eigenvalue weighted by Crippen LogP contribution is -2.25. The standard InChI is InChI=1S/C29H40N2O2/c1-3-5-6-22-9-13-25(14-10-22)29(32)33-27-17-15-24(16-18-27)28-30-19-26(20-31-28)23-11-7-21(4-2)8-12-23/h15-23,25H,3-14H2,1-2H3/t21-,22?,23-,25?. The van der Waals surface area contributed by atoms with Gasteiger partial charge in [0.25, 0.3) is 0 Å². The van der Waals surface area contributed by atoms with E-state index in [1.54, 1.807) is 0 Å². The number of benzene rings is 1. The first-order valence-electron chi connectivity index (χ1n) is 13.3. The second-order valence-corrected chi connectivity index (χ2v) is 10.3. The molecular weight excluding hydrogens is 408 g/mol. The highest BCUT2D eigenvalue weighted by atomic mass is 16.5. The largest absolute Gasteiger partial charge is 0.426 e. The second-order valence-electron chi connectivity index (χ2n) is 10.3. The minimum atomic E-state index is -0.0740. The van der Waals surface area contributed by atoms with Crippen LogP contribution in [0.15, 0.2) is 36.7 Å². The molecule has 0 bridgehead atoms. The molecule has 0 N–H and O–H groups in total. The van der Waals surface area contributed by atoms with Crippen LogP contribution in [0.5, 0.6) is 5.75 Å². The van der Waals surface area contributed by atoms with Gasteiger partial charge in [-0.2, -0.15) is 0 Å². The van der Waals surface area contributed by atoms with Gasteiger partial charge in [0.05, 0.1) is 5.92 Å². The molecule has 4 nitrogen and oxygen atoms in total. The van der Waals surface area contributed by atoms with Crippen molar-refractivity contribution < 1.29 is 9.53 Å². The fourth-order valence-corrected chi connectivity index (χ4v) is 5.65. The molecule has 0 amide bonds. The maximum Gasteiger partial charge on any atom is 0.314 e. The summed E-state index contributed by atoms with van der Waals surface area (Å²) >= 11 is 0. The lowest BCUT2D eigenvalue weighted by atomic mass is 9.78. The lowest BCUT2D eigenvalue weighted by Gasteiger charge is -2.27. The normalized spacial score (nSPS) is 25.5.